The summed E-state index contributed by atoms with van der Waals surface area (Å²) in [6, 6.07) is 4.91. The van der Waals surface area contributed by atoms with E-state index in [1.807, 2.05) is 0 Å². The number of anilines is 1. The van der Waals surface area contributed by atoms with E-state index in [-0.39, 0.29) is 27.4 Å². The number of nitrogens with zero attached hydrogens (tertiary/aromatic N) is 5. The molecule has 0 saturated heterocycles. The summed E-state index contributed by atoms with van der Waals surface area (Å²) in [5.41, 5.74) is -0.843. The quantitative estimate of drug-likeness (QED) is 0.379. The van der Waals surface area contributed by atoms with Crippen LogP contribution in [-0.2, 0) is 16.4 Å². The van der Waals surface area contributed by atoms with Crippen molar-refractivity contribution in [2.75, 3.05) is 11.2 Å². The second-order valence-corrected chi connectivity index (χ2v) is 8.91. The van der Waals surface area contributed by atoms with Crippen LogP contribution in [0.4, 0.5) is 15.8 Å². The lowest BCUT2D eigenvalue weighted by molar-refractivity contribution is -0.385. The lowest BCUT2D eigenvalue weighted by Gasteiger charge is -2.24. The SMILES string of the molecule is C=Cc1c(F)cc(CN(C(=O)c2cnc(C)nc2)c2cccnc2S(C)(=O)=O)cc1[N+](=O)[O-]. The number of amides is 1. The molecule has 3 aromatic rings. The van der Waals surface area contributed by atoms with Gasteiger partial charge >= 0.3 is 0 Å². The van der Waals surface area contributed by atoms with E-state index in [0.29, 0.717) is 5.82 Å². The van der Waals surface area contributed by atoms with Crippen LogP contribution < -0.4 is 4.90 Å². The monoisotopic (exact) mass is 471 g/mol. The molecule has 12 heteroatoms. The van der Waals surface area contributed by atoms with E-state index in [1.54, 1.807) is 6.92 Å². The first-order valence-electron chi connectivity index (χ1n) is 9.37. The first-order valence-corrected chi connectivity index (χ1v) is 11.3. The molecule has 2 aromatic heterocycles. The number of aromatic nitrogens is 3. The molecule has 0 aliphatic carbocycles. The fourth-order valence-electron chi connectivity index (χ4n) is 3.08. The Morgan fingerprint density at radius 1 is 1.27 bits per heavy atom. The van der Waals surface area contributed by atoms with Crippen LogP contribution in [0.25, 0.3) is 6.08 Å². The highest BCUT2D eigenvalue weighted by atomic mass is 32.2. The molecule has 0 radical (unpaired) electrons. The molecule has 2 heterocycles. The highest BCUT2D eigenvalue weighted by Gasteiger charge is 2.27. The molecule has 0 atom stereocenters. The third-order valence-corrected chi connectivity index (χ3v) is 5.59. The third-order valence-electron chi connectivity index (χ3n) is 4.58. The third kappa shape index (κ3) is 5.06. The van der Waals surface area contributed by atoms with Crippen LogP contribution in [0.15, 0.2) is 54.5 Å². The number of halogens is 1. The molecular formula is C21H18FN5O5S. The first-order chi connectivity index (χ1) is 15.5. The van der Waals surface area contributed by atoms with Crippen molar-refractivity contribution in [2.24, 2.45) is 0 Å². The minimum absolute atomic E-state index is 0.0292. The van der Waals surface area contributed by atoms with Crippen molar-refractivity contribution in [3.63, 3.8) is 0 Å². The topological polar surface area (TPSA) is 136 Å². The van der Waals surface area contributed by atoms with E-state index in [0.717, 1.165) is 29.4 Å². The Kier molecular flexibility index (Phi) is 6.58. The van der Waals surface area contributed by atoms with E-state index in [4.69, 9.17) is 0 Å². The smallest absolute Gasteiger partial charge is 0.279 e. The standard InChI is InChI=1S/C21H18FN5O5S/c1-4-16-17(22)8-14(9-19(16)27(29)30)12-26(21(28)15-10-24-13(2)25-11-15)18-6-5-7-23-20(18)33(3,31)32/h4-11H,1,12H2,2-3H3. The maximum Gasteiger partial charge on any atom is 0.279 e. The van der Waals surface area contributed by atoms with Crippen molar-refractivity contribution in [2.45, 2.75) is 18.5 Å². The molecule has 0 N–H and O–H groups in total. The number of carbonyl (C=O) groups excluding carboxylic acids is 1. The van der Waals surface area contributed by atoms with Crippen LogP contribution in [0.3, 0.4) is 0 Å². The summed E-state index contributed by atoms with van der Waals surface area (Å²) in [7, 11) is -3.87. The molecule has 0 unspecified atom stereocenters. The summed E-state index contributed by atoms with van der Waals surface area (Å²) in [5, 5.41) is 11.0. The Hall–Kier alpha value is -4.06. The van der Waals surface area contributed by atoms with Gasteiger partial charge in [0.25, 0.3) is 11.6 Å². The molecule has 10 nitrogen and oxygen atoms in total. The zero-order chi connectivity index (χ0) is 24.3. The molecule has 170 valence electrons. The molecule has 1 aromatic carbocycles. The maximum absolute atomic E-state index is 14.6. The fourth-order valence-corrected chi connectivity index (χ4v) is 3.89. The molecule has 0 bridgehead atoms. The second kappa shape index (κ2) is 9.20. The summed E-state index contributed by atoms with van der Waals surface area (Å²) in [4.78, 5) is 36.9. The molecule has 3 rings (SSSR count). The van der Waals surface area contributed by atoms with Crippen molar-refractivity contribution in [3.8, 4) is 0 Å². The van der Waals surface area contributed by atoms with Crippen molar-refractivity contribution in [1.29, 1.82) is 0 Å². The number of nitro benzene ring substituents is 1. The number of rotatable bonds is 7. The summed E-state index contributed by atoms with van der Waals surface area (Å²) < 4.78 is 39.2. The van der Waals surface area contributed by atoms with Gasteiger partial charge < -0.3 is 4.90 Å². The zero-order valence-electron chi connectivity index (χ0n) is 17.6. The average Bonchev–Trinajstić information content (AvgIpc) is 2.76. The molecule has 1 amide bonds. The van der Waals surface area contributed by atoms with E-state index < -0.39 is 38.7 Å². The van der Waals surface area contributed by atoms with Crippen molar-refractivity contribution in [1.82, 2.24) is 15.0 Å². The number of hydrogen-bond acceptors (Lipinski definition) is 8. The minimum atomic E-state index is -3.87. The summed E-state index contributed by atoms with van der Waals surface area (Å²) in [5.74, 6) is -1.20. The van der Waals surface area contributed by atoms with E-state index in [1.165, 1.54) is 30.7 Å². The van der Waals surface area contributed by atoms with Crippen molar-refractivity contribution in [3.05, 3.63) is 87.9 Å². The molecule has 0 spiro atoms. The van der Waals surface area contributed by atoms with E-state index in [2.05, 4.69) is 21.5 Å². The molecule has 0 aliphatic heterocycles. The average molecular weight is 471 g/mol. The predicted octanol–water partition coefficient (Wildman–Crippen LogP) is 3.12. The van der Waals surface area contributed by atoms with Gasteiger partial charge in [-0.3, -0.25) is 14.9 Å². The minimum Gasteiger partial charge on any atom is -0.301 e. The van der Waals surface area contributed by atoms with Crippen LogP contribution in [-0.4, -0.2) is 40.5 Å². The van der Waals surface area contributed by atoms with Crippen LogP contribution in [0, 0.1) is 22.9 Å². The van der Waals surface area contributed by atoms with E-state index >= 15 is 0 Å². The molecule has 33 heavy (non-hydrogen) atoms. The number of benzene rings is 1. The van der Waals surface area contributed by atoms with Gasteiger partial charge in [0.15, 0.2) is 14.9 Å². The van der Waals surface area contributed by atoms with E-state index in [9.17, 15) is 27.7 Å². The highest BCUT2D eigenvalue weighted by Crippen LogP contribution is 2.29. The molecule has 0 aliphatic rings. The first kappa shape index (κ1) is 23.6. The van der Waals surface area contributed by atoms with Crippen LogP contribution in [0.5, 0.6) is 0 Å². The Balaban J connectivity index is 2.19. The van der Waals surface area contributed by atoms with Gasteiger partial charge in [-0.25, -0.2) is 27.8 Å². The normalized spacial score (nSPS) is 11.1. The fraction of sp³-hybridized carbons (Fsp3) is 0.143. The van der Waals surface area contributed by atoms with Gasteiger partial charge in [0.05, 0.1) is 28.3 Å². The summed E-state index contributed by atoms with van der Waals surface area (Å²) in [6.07, 6.45) is 5.73. The van der Waals surface area contributed by atoms with Gasteiger partial charge in [-0.15, -0.1) is 0 Å². The number of nitro groups is 1. The van der Waals surface area contributed by atoms with Gasteiger partial charge in [0, 0.05) is 30.9 Å². The zero-order valence-corrected chi connectivity index (χ0v) is 18.4. The Morgan fingerprint density at radius 3 is 2.52 bits per heavy atom. The highest BCUT2D eigenvalue weighted by molar-refractivity contribution is 7.90. The second-order valence-electron chi connectivity index (χ2n) is 6.98. The Morgan fingerprint density at radius 2 is 1.94 bits per heavy atom. The number of hydrogen-bond donors (Lipinski definition) is 0. The Labute approximate surface area is 188 Å². The number of aryl methyl sites for hydroxylation is 1. The van der Waals surface area contributed by atoms with Crippen molar-refractivity contribution < 1.29 is 22.5 Å². The molecular weight excluding hydrogens is 453 g/mol. The van der Waals surface area contributed by atoms with Crippen LogP contribution >= 0.6 is 0 Å². The molecule has 0 fully saturated rings. The van der Waals surface area contributed by atoms with Gasteiger partial charge in [-0.05, 0) is 30.7 Å². The van der Waals surface area contributed by atoms with Crippen LogP contribution in [0.1, 0.15) is 27.3 Å². The maximum atomic E-state index is 14.6. The van der Waals surface area contributed by atoms with Crippen LogP contribution in [0.2, 0.25) is 0 Å². The number of pyridine rings is 1. The number of sulfone groups is 1. The molecule has 0 saturated carbocycles. The van der Waals surface area contributed by atoms with Gasteiger partial charge in [0.1, 0.15) is 11.6 Å². The largest absolute Gasteiger partial charge is 0.301 e. The van der Waals surface area contributed by atoms with Gasteiger partial charge in [0.2, 0.25) is 0 Å². The predicted molar refractivity (Wildman–Crippen MR) is 118 cm³/mol. The lowest BCUT2D eigenvalue weighted by atomic mass is 10.1. The summed E-state index contributed by atoms with van der Waals surface area (Å²) >= 11 is 0. The number of carbonyl (C=O) groups is 1. The van der Waals surface area contributed by atoms with Crippen molar-refractivity contribution >= 4 is 33.2 Å². The van der Waals surface area contributed by atoms with Gasteiger partial charge in [-0.1, -0.05) is 12.7 Å². The van der Waals surface area contributed by atoms with Gasteiger partial charge in [-0.2, -0.15) is 0 Å². The lowest BCUT2D eigenvalue weighted by Crippen LogP contribution is -2.32. The Bertz CT molecular complexity index is 1360. The summed E-state index contributed by atoms with van der Waals surface area (Å²) in [6.45, 7) is 4.62.